The summed E-state index contributed by atoms with van der Waals surface area (Å²) in [5.41, 5.74) is 3.17. The summed E-state index contributed by atoms with van der Waals surface area (Å²) >= 11 is 3.52. The van der Waals surface area contributed by atoms with Crippen molar-refractivity contribution in [3.63, 3.8) is 0 Å². The van der Waals surface area contributed by atoms with E-state index >= 15 is 0 Å². The second-order valence-corrected chi connectivity index (χ2v) is 5.04. The van der Waals surface area contributed by atoms with E-state index in [0.717, 1.165) is 28.7 Å². The van der Waals surface area contributed by atoms with E-state index in [2.05, 4.69) is 56.3 Å². The van der Waals surface area contributed by atoms with Crippen LogP contribution in [-0.4, -0.2) is 15.2 Å². The predicted molar refractivity (Wildman–Crippen MR) is 80.1 cm³/mol. The molecule has 0 saturated heterocycles. The Morgan fingerprint density at radius 3 is 2.47 bits per heavy atom. The Morgan fingerprint density at radius 1 is 1.05 bits per heavy atom. The van der Waals surface area contributed by atoms with Crippen LogP contribution >= 0.6 is 15.9 Å². The molecule has 0 aliphatic carbocycles. The van der Waals surface area contributed by atoms with Crippen LogP contribution in [0.5, 0.6) is 0 Å². The van der Waals surface area contributed by atoms with Crippen molar-refractivity contribution in [3.05, 3.63) is 45.7 Å². The van der Waals surface area contributed by atoms with Crippen molar-refractivity contribution in [2.24, 2.45) is 0 Å². The zero-order chi connectivity index (χ0) is 13.7. The van der Waals surface area contributed by atoms with Gasteiger partial charge in [0.15, 0.2) is 0 Å². The summed E-state index contributed by atoms with van der Waals surface area (Å²) in [5, 5.41) is 11.5. The minimum absolute atomic E-state index is 0.588. The highest BCUT2D eigenvalue weighted by Gasteiger charge is 2.06. The molecule has 0 amide bonds. The number of benzene rings is 1. The van der Waals surface area contributed by atoms with Gasteiger partial charge in [0.2, 0.25) is 5.95 Å². The van der Waals surface area contributed by atoms with Crippen LogP contribution in [0.4, 0.5) is 5.95 Å². The van der Waals surface area contributed by atoms with Gasteiger partial charge in [-0.1, -0.05) is 48.0 Å². The summed E-state index contributed by atoms with van der Waals surface area (Å²) < 4.78 is 1.08. The zero-order valence-electron chi connectivity index (χ0n) is 11.2. The first-order valence-electron chi connectivity index (χ1n) is 6.44. The monoisotopic (exact) mass is 320 g/mol. The molecule has 4 nitrogen and oxygen atoms in total. The minimum Gasteiger partial charge on any atom is -0.349 e. The van der Waals surface area contributed by atoms with Gasteiger partial charge in [-0.3, -0.25) is 0 Å². The van der Waals surface area contributed by atoms with E-state index in [1.165, 1.54) is 5.56 Å². The van der Waals surface area contributed by atoms with E-state index in [1.807, 2.05) is 18.2 Å². The minimum atomic E-state index is 0.588. The van der Waals surface area contributed by atoms with Crippen molar-refractivity contribution in [2.75, 3.05) is 5.32 Å². The number of hydrogen-bond acceptors (Lipinski definition) is 4. The fourth-order valence-corrected chi connectivity index (χ4v) is 2.25. The molecule has 100 valence electrons. The van der Waals surface area contributed by atoms with Crippen molar-refractivity contribution in [1.29, 1.82) is 0 Å². The molecule has 0 bridgehead atoms. The molecule has 0 atom stereocenters. The van der Waals surface area contributed by atoms with Gasteiger partial charge < -0.3 is 5.32 Å². The van der Waals surface area contributed by atoms with Gasteiger partial charge in [0, 0.05) is 11.0 Å². The Balaban J connectivity index is 2.10. The van der Waals surface area contributed by atoms with E-state index in [1.54, 1.807) is 0 Å². The molecule has 0 aliphatic heterocycles. The van der Waals surface area contributed by atoms with E-state index in [-0.39, 0.29) is 0 Å². The topological polar surface area (TPSA) is 50.7 Å². The molecule has 1 aromatic carbocycles. The number of aryl methyl sites for hydroxylation is 2. The van der Waals surface area contributed by atoms with Crippen LogP contribution in [0.2, 0.25) is 0 Å². The average Bonchev–Trinajstić information content (AvgIpc) is 2.46. The first kappa shape index (κ1) is 13.9. The lowest BCUT2D eigenvalue weighted by molar-refractivity contribution is 0.819. The molecule has 19 heavy (non-hydrogen) atoms. The fraction of sp³-hybridized carbons (Fsp3) is 0.357. The number of halogens is 1. The normalized spacial score (nSPS) is 10.5. The highest BCUT2D eigenvalue weighted by Crippen LogP contribution is 2.16. The van der Waals surface area contributed by atoms with Crippen LogP contribution in [0, 0.1) is 0 Å². The highest BCUT2D eigenvalue weighted by molar-refractivity contribution is 9.10. The van der Waals surface area contributed by atoms with E-state index in [9.17, 15) is 0 Å². The van der Waals surface area contributed by atoms with Crippen LogP contribution in [0.1, 0.15) is 30.8 Å². The average molecular weight is 321 g/mol. The van der Waals surface area contributed by atoms with Gasteiger partial charge >= 0.3 is 0 Å². The van der Waals surface area contributed by atoms with Gasteiger partial charge in [-0.25, -0.2) is 4.98 Å². The molecule has 0 radical (unpaired) electrons. The second-order valence-electron chi connectivity index (χ2n) is 4.18. The molecule has 0 fully saturated rings. The largest absolute Gasteiger partial charge is 0.349 e. The Hall–Kier alpha value is -1.49. The molecule has 0 unspecified atom stereocenters. The molecule has 0 spiro atoms. The molecular weight excluding hydrogens is 304 g/mol. The summed E-state index contributed by atoms with van der Waals surface area (Å²) in [6.45, 7) is 4.83. The van der Waals surface area contributed by atoms with E-state index < -0.39 is 0 Å². The second kappa shape index (κ2) is 6.61. The molecule has 1 aromatic heterocycles. The van der Waals surface area contributed by atoms with Crippen molar-refractivity contribution < 1.29 is 0 Å². The molecule has 5 heteroatoms. The smallest absolute Gasteiger partial charge is 0.243 e. The Kier molecular flexibility index (Phi) is 4.85. The molecule has 1 heterocycles. The number of nitrogens with one attached hydrogen (secondary N) is 1. The van der Waals surface area contributed by atoms with Crippen molar-refractivity contribution in [3.8, 4) is 0 Å². The van der Waals surface area contributed by atoms with E-state index in [0.29, 0.717) is 12.5 Å². The Bertz CT molecular complexity index is 557. The molecule has 1 N–H and O–H groups in total. The third-order valence-corrected chi connectivity index (χ3v) is 3.68. The lowest BCUT2D eigenvalue weighted by Gasteiger charge is -2.08. The number of hydrogen-bond donors (Lipinski definition) is 1. The number of anilines is 1. The SMILES string of the molecule is CCc1nnc(NCc2ccccc2Br)nc1CC. The Morgan fingerprint density at radius 2 is 1.79 bits per heavy atom. The molecule has 0 aliphatic rings. The van der Waals surface area contributed by atoms with Gasteiger partial charge in [-0.15, -0.1) is 5.10 Å². The summed E-state index contributed by atoms with van der Waals surface area (Å²) in [7, 11) is 0. The molecule has 2 aromatic rings. The first-order chi connectivity index (χ1) is 9.24. The zero-order valence-corrected chi connectivity index (χ0v) is 12.7. The van der Waals surface area contributed by atoms with Crippen LogP contribution in [0.15, 0.2) is 28.7 Å². The maximum absolute atomic E-state index is 4.51. The number of rotatable bonds is 5. The third kappa shape index (κ3) is 3.50. The maximum Gasteiger partial charge on any atom is 0.243 e. The van der Waals surface area contributed by atoms with Gasteiger partial charge in [-0.2, -0.15) is 5.10 Å². The van der Waals surface area contributed by atoms with Crippen LogP contribution in [0.3, 0.4) is 0 Å². The summed E-state index contributed by atoms with van der Waals surface area (Å²) in [4.78, 5) is 4.51. The quantitative estimate of drug-likeness (QED) is 0.917. The number of aromatic nitrogens is 3. The molecular formula is C14H17BrN4. The fourth-order valence-electron chi connectivity index (χ4n) is 1.83. The first-order valence-corrected chi connectivity index (χ1v) is 7.23. The summed E-state index contributed by atoms with van der Waals surface area (Å²) in [6.07, 6.45) is 1.75. The Labute approximate surface area is 121 Å². The van der Waals surface area contributed by atoms with Crippen molar-refractivity contribution in [2.45, 2.75) is 33.2 Å². The lowest BCUT2D eigenvalue weighted by Crippen LogP contribution is -2.09. The lowest BCUT2D eigenvalue weighted by atomic mass is 10.2. The van der Waals surface area contributed by atoms with Gasteiger partial charge in [0.1, 0.15) is 0 Å². The standard InChI is InChI=1S/C14H17BrN4/c1-3-12-13(4-2)18-19-14(17-12)16-9-10-7-5-6-8-11(10)15/h5-8H,3-4,9H2,1-2H3,(H,16,17,19). The van der Waals surface area contributed by atoms with E-state index in [4.69, 9.17) is 0 Å². The van der Waals surface area contributed by atoms with Crippen LogP contribution < -0.4 is 5.32 Å². The van der Waals surface area contributed by atoms with Crippen LogP contribution in [0.25, 0.3) is 0 Å². The van der Waals surface area contributed by atoms with Gasteiger partial charge in [0.25, 0.3) is 0 Å². The third-order valence-electron chi connectivity index (χ3n) is 2.90. The van der Waals surface area contributed by atoms with Crippen molar-refractivity contribution in [1.82, 2.24) is 15.2 Å². The number of nitrogens with zero attached hydrogens (tertiary/aromatic N) is 3. The predicted octanol–water partition coefficient (Wildman–Crippen LogP) is 3.37. The van der Waals surface area contributed by atoms with Crippen LogP contribution in [-0.2, 0) is 19.4 Å². The van der Waals surface area contributed by atoms with Gasteiger partial charge in [0.05, 0.1) is 11.4 Å². The van der Waals surface area contributed by atoms with Gasteiger partial charge in [-0.05, 0) is 24.5 Å². The summed E-state index contributed by atoms with van der Waals surface area (Å²) in [5.74, 6) is 0.588. The highest BCUT2D eigenvalue weighted by atomic mass is 79.9. The van der Waals surface area contributed by atoms with Crippen molar-refractivity contribution >= 4 is 21.9 Å². The molecule has 0 saturated carbocycles. The summed E-state index contributed by atoms with van der Waals surface area (Å²) in [6, 6.07) is 8.09. The molecule has 2 rings (SSSR count). The maximum atomic E-state index is 4.51.